The van der Waals surface area contributed by atoms with Crippen LogP contribution in [0.1, 0.15) is 24.5 Å². The van der Waals surface area contributed by atoms with Gasteiger partial charge in [-0.15, -0.1) is 11.3 Å². The molecule has 5 nitrogen and oxygen atoms in total. The molecular formula is C11H17N3O2S. The minimum absolute atomic E-state index is 0.0826. The first-order chi connectivity index (χ1) is 8.16. The Balaban J connectivity index is 1.95. The first kappa shape index (κ1) is 12.5. The molecule has 2 heterocycles. The summed E-state index contributed by atoms with van der Waals surface area (Å²) in [6.07, 6.45) is 2.07. The molecule has 0 saturated carbocycles. The number of carbonyl (C=O) groups excluding carboxylic acids is 1. The van der Waals surface area contributed by atoms with Gasteiger partial charge < -0.3 is 15.4 Å². The zero-order chi connectivity index (χ0) is 12.3. The fraction of sp³-hybridized carbons (Fsp3) is 0.636. The fourth-order valence-corrected chi connectivity index (χ4v) is 2.50. The number of thiazole rings is 1. The number of aromatic nitrogens is 1. The summed E-state index contributed by atoms with van der Waals surface area (Å²) in [6, 6.07) is -0.0938. The summed E-state index contributed by atoms with van der Waals surface area (Å²) in [5.41, 5.74) is 5.64. The molecule has 0 spiro atoms. The largest absolute Gasteiger partial charge is 0.367 e. The van der Waals surface area contributed by atoms with E-state index in [1.165, 1.54) is 0 Å². The molecule has 0 radical (unpaired) electrons. The van der Waals surface area contributed by atoms with Gasteiger partial charge in [-0.05, 0) is 6.92 Å². The molecule has 1 aromatic rings. The maximum atomic E-state index is 11.9. The highest BCUT2D eigenvalue weighted by Gasteiger charge is 2.26. The lowest BCUT2D eigenvalue weighted by molar-refractivity contribution is -0.139. The van der Waals surface area contributed by atoms with E-state index < -0.39 is 0 Å². The van der Waals surface area contributed by atoms with Gasteiger partial charge in [0.1, 0.15) is 11.1 Å². The summed E-state index contributed by atoms with van der Waals surface area (Å²) in [5.74, 6) is 0.102. The van der Waals surface area contributed by atoms with E-state index in [4.69, 9.17) is 10.5 Å². The van der Waals surface area contributed by atoms with E-state index >= 15 is 0 Å². The molecule has 2 rings (SSSR count). The summed E-state index contributed by atoms with van der Waals surface area (Å²) in [7, 11) is 0. The van der Waals surface area contributed by atoms with Crippen LogP contribution in [-0.2, 0) is 9.53 Å². The molecule has 2 N–H and O–H groups in total. The molecular weight excluding hydrogens is 238 g/mol. The Morgan fingerprint density at radius 3 is 3.29 bits per heavy atom. The van der Waals surface area contributed by atoms with E-state index in [2.05, 4.69) is 4.98 Å². The quantitative estimate of drug-likeness (QED) is 0.866. The Bertz CT molecular complexity index is 367. The number of nitrogens with zero attached hydrogens (tertiary/aromatic N) is 2. The molecule has 1 aliphatic heterocycles. The molecule has 0 aliphatic carbocycles. The van der Waals surface area contributed by atoms with E-state index in [1.54, 1.807) is 17.5 Å². The van der Waals surface area contributed by atoms with Gasteiger partial charge in [-0.1, -0.05) is 0 Å². The van der Waals surface area contributed by atoms with E-state index in [0.29, 0.717) is 26.1 Å². The van der Waals surface area contributed by atoms with Crippen molar-refractivity contribution in [3.63, 3.8) is 0 Å². The number of hydrogen-bond acceptors (Lipinski definition) is 5. The molecule has 1 amide bonds. The second-order valence-corrected chi connectivity index (χ2v) is 5.18. The van der Waals surface area contributed by atoms with Gasteiger partial charge in [0.15, 0.2) is 0 Å². The predicted molar refractivity (Wildman–Crippen MR) is 65.7 cm³/mol. The van der Waals surface area contributed by atoms with Crippen molar-refractivity contribution in [2.24, 2.45) is 5.73 Å². The molecule has 2 atom stereocenters. The van der Waals surface area contributed by atoms with Crippen LogP contribution in [0, 0.1) is 0 Å². The van der Waals surface area contributed by atoms with E-state index in [0.717, 1.165) is 5.01 Å². The van der Waals surface area contributed by atoms with Gasteiger partial charge in [0.25, 0.3) is 0 Å². The van der Waals surface area contributed by atoms with E-state index in [9.17, 15) is 4.79 Å². The van der Waals surface area contributed by atoms with Crippen LogP contribution in [-0.4, -0.2) is 41.5 Å². The van der Waals surface area contributed by atoms with E-state index in [-0.39, 0.29) is 18.1 Å². The third-order valence-electron chi connectivity index (χ3n) is 2.64. The molecule has 0 aromatic carbocycles. The second-order valence-electron chi connectivity index (χ2n) is 4.25. The smallest absolute Gasteiger partial charge is 0.224 e. The Morgan fingerprint density at radius 1 is 1.82 bits per heavy atom. The number of morpholine rings is 1. The van der Waals surface area contributed by atoms with Crippen molar-refractivity contribution in [2.75, 3.05) is 19.7 Å². The summed E-state index contributed by atoms with van der Waals surface area (Å²) >= 11 is 1.56. The summed E-state index contributed by atoms with van der Waals surface area (Å²) < 4.78 is 5.63. The van der Waals surface area contributed by atoms with Gasteiger partial charge in [0, 0.05) is 30.6 Å². The Labute approximate surface area is 105 Å². The van der Waals surface area contributed by atoms with Crippen LogP contribution in [0.5, 0.6) is 0 Å². The van der Waals surface area contributed by atoms with Crippen molar-refractivity contribution in [1.29, 1.82) is 0 Å². The number of nitrogens with two attached hydrogens (primary N) is 1. The topological polar surface area (TPSA) is 68.5 Å². The van der Waals surface area contributed by atoms with Crippen molar-refractivity contribution in [3.8, 4) is 0 Å². The van der Waals surface area contributed by atoms with Crippen LogP contribution in [0.3, 0.4) is 0 Å². The average Bonchev–Trinajstić information content (AvgIpc) is 2.82. The van der Waals surface area contributed by atoms with Crippen LogP contribution in [0.15, 0.2) is 11.6 Å². The van der Waals surface area contributed by atoms with Crippen molar-refractivity contribution in [3.05, 3.63) is 16.6 Å². The monoisotopic (exact) mass is 255 g/mol. The van der Waals surface area contributed by atoms with Crippen molar-refractivity contribution in [1.82, 2.24) is 9.88 Å². The lowest BCUT2D eigenvalue weighted by Gasteiger charge is -2.32. The second kappa shape index (κ2) is 5.57. The summed E-state index contributed by atoms with van der Waals surface area (Å²) in [6.45, 7) is 3.64. The minimum atomic E-state index is -0.0938. The number of amides is 1. The zero-order valence-corrected chi connectivity index (χ0v) is 10.7. The van der Waals surface area contributed by atoms with Crippen molar-refractivity contribution < 1.29 is 9.53 Å². The Morgan fingerprint density at radius 2 is 2.65 bits per heavy atom. The molecule has 1 saturated heterocycles. The lowest BCUT2D eigenvalue weighted by Crippen LogP contribution is -2.43. The van der Waals surface area contributed by atoms with Gasteiger partial charge >= 0.3 is 0 Å². The minimum Gasteiger partial charge on any atom is -0.367 e. The number of carbonyl (C=O) groups is 1. The number of ether oxygens (including phenoxy) is 1. The average molecular weight is 255 g/mol. The molecule has 0 bridgehead atoms. The van der Waals surface area contributed by atoms with Gasteiger partial charge in [-0.3, -0.25) is 4.79 Å². The van der Waals surface area contributed by atoms with Gasteiger partial charge in [0.2, 0.25) is 5.91 Å². The SMILES string of the molecule is CC(N)CC(=O)N1CCOC(c2nccs2)C1. The third kappa shape index (κ3) is 3.24. The van der Waals surface area contributed by atoms with Crippen LogP contribution in [0.2, 0.25) is 0 Å². The van der Waals surface area contributed by atoms with Gasteiger partial charge in [-0.2, -0.15) is 0 Å². The van der Waals surface area contributed by atoms with E-state index in [1.807, 2.05) is 17.2 Å². The van der Waals surface area contributed by atoms with Crippen LogP contribution >= 0.6 is 11.3 Å². The number of hydrogen-bond donors (Lipinski definition) is 1. The van der Waals surface area contributed by atoms with Crippen LogP contribution in [0.25, 0.3) is 0 Å². The van der Waals surface area contributed by atoms with Crippen molar-refractivity contribution >= 4 is 17.2 Å². The Hall–Kier alpha value is -0.980. The number of rotatable bonds is 3. The molecule has 94 valence electrons. The first-order valence-corrected chi connectivity index (χ1v) is 6.59. The molecule has 1 fully saturated rings. The highest BCUT2D eigenvalue weighted by molar-refractivity contribution is 7.09. The van der Waals surface area contributed by atoms with Gasteiger partial charge in [0.05, 0.1) is 13.2 Å². The molecule has 6 heteroatoms. The van der Waals surface area contributed by atoms with Crippen LogP contribution in [0.4, 0.5) is 0 Å². The van der Waals surface area contributed by atoms with Crippen LogP contribution < -0.4 is 5.73 Å². The highest BCUT2D eigenvalue weighted by atomic mass is 32.1. The normalized spacial score (nSPS) is 22.5. The highest BCUT2D eigenvalue weighted by Crippen LogP contribution is 2.24. The lowest BCUT2D eigenvalue weighted by atomic mass is 10.2. The third-order valence-corrected chi connectivity index (χ3v) is 3.51. The fourth-order valence-electron chi connectivity index (χ4n) is 1.82. The molecule has 2 unspecified atom stereocenters. The predicted octanol–water partition coefficient (Wildman–Crippen LogP) is 0.780. The van der Waals surface area contributed by atoms with Gasteiger partial charge in [-0.25, -0.2) is 4.98 Å². The maximum absolute atomic E-state index is 11.9. The zero-order valence-electron chi connectivity index (χ0n) is 9.83. The molecule has 17 heavy (non-hydrogen) atoms. The van der Waals surface area contributed by atoms with Crippen molar-refractivity contribution in [2.45, 2.75) is 25.5 Å². The maximum Gasteiger partial charge on any atom is 0.224 e. The molecule has 1 aromatic heterocycles. The summed E-state index contributed by atoms with van der Waals surface area (Å²) in [5, 5.41) is 2.85. The molecule has 1 aliphatic rings. The first-order valence-electron chi connectivity index (χ1n) is 5.71. The standard InChI is InChI=1S/C11H17N3O2S/c1-8(12)6-10(15)14-3-4-16-9(7-14)11-13-2-5-17-11/h2,5,8-9H,3-4,6-7,12H2,1H3. The Kier molecular flexibility index (Phi) is 4.09. The summed E-state index contributed by atoms with van der Waals surface area (Å²) in [4.78, 5) is 17.9.